The highest BCUT2D eigenvalue weighted by atomic mass is 32.2. The summed E-state index contributed by atoms with van der Waals surface area (Å²) in [6.07, 6.45) is 1.52. The van der Waals surface area contributed by atoms with E-state index >= 15 is 0 Å². The first-order chi connectivity index (χ1) is 23.4. The Hall–Kier alpha value is -4.93. The number of oxime groups is 1. The van der Waals surface area contributed by atoms with E-state index in [0.717, 1.165) is 16.4 Å². The van der Waals surface area contributed by atoms with Gasteiger partial charge in [0, 0.05) is 35.9 Å². The highest BCUT2D eigenvalue weighted by molar-refractivity contribution is 8.00. The van der Waals surface area contributed by atoms with Crippen LogP contribution >= 0.6 is 23.3 Å². The number of carboxylic acids is 2. The molecular weight excluding hydrogens is 736 g/mol. The number of β-lactam (4-membered cyclic amide) rings is 1. The van der Waals surface area contributed by atoms with Gasteiger partial charge in [-0.15, -0.1) is 21.1 Å². The molecule has 0 spiro atoms. The number of nitrogens with zero attached hydrogens (tertiary/aromatic N) is 6. The molecule has 1 fully saturated rings. The molecule has 1 saturated heterocycles. The van der Waals surface area contributed by atoms with E-state index in [2.05, 4.69) is 34.8 Å². The van der Waals surface area contributed by atoms with Gasteiger partial charge in [0.05, 0.1) is 18.4 Å². The second kappa shape index (κ2) is 16.7. The van der Waals surface area contributed by atoms with E-state index < -0.39 is 63.9 Å². The average Bonchev–Trinajstić information content (AvgIpc) is 3.60. The van der Waals surface area contributed by atoms with Crippen molar-refractivity contribution in [2.24, 2.45) is 17.9 Å². The van der Waals surface area contributed by atoms with E-state index in [1.807, 2.05) is 0 Å². The smallest absolute Gasteiger partial charge is 0.352 e. The van der Waals surface area contributed by atoms with Crippen molar-refractivity contribution in [1.29, 1.82) is 0 Å². The highest BCUT2D eigenvalue weighted by Gasteiger charge is 2.55. The van der Waals surface area contributed by atoms with Gasteiger partial charge in [-0.05, 0) is 13.8 Å². The molecule has 11 N–H and O–H groups in total. The molecule has 2 aromatic heterocycles. The van der Waals surface area contributed by atoms with Gasteiger partial charge in [0.1, 0.15) is 17.1 Å². The minimum absolute atomic E-state index is 0.00361. The molecule has 27 heteroatoms. The monoisotopic (exact) mass is 766 g/mol. The first-order valence-electron chi connectivity index (χ1n) is 13.7. The third kappa shape index (κ3) is 9.19. The number of nitrogens with two attached hydrogens (primary N) is 3. The molecule has 2 aromatic rings. The van der Waals surface area contributed by atoms with Crippen LogP contribution in [0.4, 0.5) is 21.4 Å². The maximum Gasteiger partial charge on any atom is 0.352 e. The van der Waals surface area contributed by atoms with Gasteiger partial charge in [0.25, 0.3) is 11.8 Å². The van der Waals surface area contributed by atoms with Crippen LogP contribution in [-0.2, 0) is 53.3 Å². The summed E-state index contributed by atoms with van der Waals surface area (Å²) < 4.78 is 27.1. The van der Waals surface area contributed by atoms with Crippen LogP contribution in [-0.4, -0.2) is 109 Å². The van der Waals surface area contributed by atoms with E-state index in [9.17, 15) is 34.2 Å². The van der Waals surface area contributed by atoms with Crippen molar-refractivity contribution in [3.05, 3.63) is 23.3 Å². The average molecular weight is 767 g/mol. The Morgan fingerprint density at radius 3 is 2.48 bits per heavy atom. The summed E-state index contributed by atoms with van der Waals surface area (Å²) in [4.78, 5) is 72.4. The Bertz CT molecular complexity index is 1740. The Morgan fingerprint density at radius 2 is 1.94 bits per heavy atom. The fourth-order valence-corrected chi connectivity index (χ4v) is 5.91. The van der Waals surface area contributed by atoms with Crippen molar-refractivity contribution in [1.82, 2.24) is 29.6 Å². The number of nitrogens with one attached hydrogen (secondary N) is 3. The Kier molecular flexibility index (Phi) is 13.2. The van der Waals surface area contributed by atoms with Crippen LogP contribution in [0.5, 0.6) is 0 Å². The van der Waals surface area contributed by atoms with Crippen LogP contribution in [0.15, 0.2) is 22.6 Å². The summed E-state index contributed by atoms with van der Waals surface area (Å²) in [5, 5.41) is 38.4. The summed E-state index contributed by atoms with van der Waals surface area (Å²) in [7, 11) is 1.61. The predicted molar refractivity (Wildman–Crippen MR) is 169 cm³/mol. The molecule has 2 unspecified atom stereocenters. The molecule has 274 valence electrons. The van der Waals surface area contributed by atoms with Crippen molar-refractivity contribution in [3.63, 3.8) is 0 Å². The van der Waals surface area contributed by atoms with Crippen molar-refractivity contribution in [2.45, 2.75) is 37.4 Å². The minimum atomic E-state index is -2.88. The fourth-order valence-electron chi connectivity index (χ4n) is 4.14. The molecule has 50 heavy (non-hydrogen) atoms. The summed E-state index contributed by atoms with van der Waals surface area (Å²) in [5.74, 6) is -4.28. The number of hydrogen-bond donors (Lipinski definition) is 8. The number of aliphatic carboxylic acids is 2. The molecule has 24 nitrogen and oxygen atoms in total. The molecule has 0 saturated carbocycles. The molecule has 4 amide bonds. The number of carboxylic acid groups (broad SMARTS) is 2. The first kappa shape index (κ1) is 39.5. The van der Waals surface area contributed by atoms with Crippen molar-refractivity contribution < 1.29 is 62.1 Å². The zero-order valence-corrected chi connectivity index (χ0v) is 28.6. The van der Waals surface area contributed by atoms with Crippen molar-refractivity contribution in [2.75, 3.05) is 35.6 Å². The van der Waals surface area contributed by atoms with Crippen LogP contribution in [0.25, 0.3) is 0 Å². The summed E-state index contributed by atoms with van der Waals surface area (Å²) >= 11 is -0.913. The lowest BCUT2D eigenvalue weighted by atomic mass is 10.0. The zero-order valence-electron chi connectivity index (χ0n) is 26.2. The molecule has 0 aliphatic carbocycles. The van der Waals surface area contributed by atoms with Crippen LogP contribution < -0.4 is 43.1 Å². The number of urea groups is 1. The maximum atomic E-state index is 13.3. The Morgan fingerprint density at radius 1 is 1.28 bits per heavy atom. The molecule has 4 rings (SSSR count). The topological polar surface area (TPSA) is 372 Å². The van der Waals surface area contributed by atoms with Gasteiger partial charge >= 0.3 is 18.0 Å². The minimum Gasteiger partial charge on any atom is -0.750 e. The van der Waals surface area contributed by atoms with Gasteiger partial charge in [0.15, 0.2) is 23.2 Å². The lowest BCUT2D eigenvalue weighted by molar-refractivity contribution is -0.765. The Labute approximate surface area is 292 Å². The number of aromatic nitrogens is 4. The second-order valence-electron chi connectivity index (χ2n) is 10.4. The number of carbonyl (C=O) groups is 5. The SMILES string of the molecule is Cn1c(N)c(NC(=O)NCCN)c[n+]1CC1=C(C(=O)O)N2C(=O)C(NC(=O)/C(=[15N]\O[13C](C)(C)[13C](=O)O)c3nsc(N)n3)[C@H]2SC1.O=S([O-])O[O-]. The Balaban J connectivity index is 0.00000126. The number of carbonyl (C=O) groups excluding carboxylic acids is 3. The van der Waals surface area contributed by atoms with E-state index in [0.29, 0.717) is 5.57 Å². The van der Waals surface area contributed by atoms with E-state index in [-0.39, 0.29) is 53.5 Å². The quantitative estimate of drug-likeness (QED) is 0.0139. The van der Waals surface area contributed by atoms with Crippen LogP contribution in [0, 0.1) is 0 Å². The number of nitrogen functional groups attached to an aromatic ring is 2. The first-order valence-corrected chi connectivity index (χ1v) is 16.5. The molecular formula is C23H31N12O12S3-. The third-order valence-electron chi connectivity index (χ3n) is 6.66. The number of thioether (sulfide) groups is 1. The number of hydrogen-bond acceptors (Lipinski definition) is 18. The van der Waals surface area contributed by atoms with E-state index in [1.54, 1.807) is 11.7 Å². The zero-order chi connectivity index (χ0) is 37.5. The van der Waals surface area contributed by atoms with Gasteiger partial charge in [0.2, 0.25) is 23.3 Å². The molecule has 4 heterocycles. The molecule has 0 radical (unpaired) electrons. The van der Waals surface area contributed by atoms with Crippen molar-refractivity contribution >= 4 is 86.8 Å². The number of rotatable bonds is 13. The standard InChI is InChI=1S/C23H30N12O8S2.H2O4S/c1-23(2,20(40)41)43-31-11(15-30-21(26)45-32-15)16(36)29-12-17(37)35-13(19(38)39)9(8-44-18(12)35)6-34-7-10(14(25)33(34)3)28-22(42)27-5-4-24;1-4-5(2)3/h7,12,18,25H,4-6,8,24H2,1-3H3,(H7,26,27,28,29,30,32,36,38,39,40,41,42);1H,(H,2,3)/p-1/b31-11-;/t12?,18-;/m1./s1/i20+1,23+1,31+1;. The van der Waals surface area contributed by atoms with Crippen LogP contribution in [0.3, 0.4) is 0 Å². The highest BCUT2D eigenvalue weighted by Crippen LogP contribution is 2.40. The molecule has 3 atom stereocenters. The van der Waals surface area contributed by atoms with Gasteiger partial charge in [-0.25, -0.2) is 18.6 Å². The lowest BCUT2D eigenvalue weighted by Crippen LogP contribution is -2.71. The number of fused-ring (bicyclic) bond motifs is 1. The summed E-state index contributed by atoms with van der Waals surface area (Å²) in [6.45, 7) is 2.92. The number of amides is 4. The molecule has 2 aliphatic rings. The van der Waals surface area contributed by atoms with Gasteiger partial charge in [-0.1, -0.05) is 5.16 Å². The predicted octanol–water partition coefficient (Wildman–Crippen LogP) is -4.50. The van der Waals surface area contributed by atoms with E-state index in [4.69, 9.17) is 36.1 Å². The second-order valence-corrected chi connectivity index (χ2v) is 12.8. The summed E-state index contributed by atoms with van der Waals surface area (Å²) in [5.41, 5.74) is 15.2. The molecule has 0 aromatic carbocycles. The fraction of sp³-hybridized carbons (Fsp3) is 0.435. The maximum absolute atomic E-state index is 13.3. The summed E-state index contributed by atoms with van der Waals surface area (Å²) in [6, 6.07) is -1.68. The molecule has 2 aliphatic heterocycles. The normalized spacial score (nSPS) is 17.8. The largest absolute Gasteiger partial charge is 0.750 e. The lowest BCUT2D eigenvalue weighted by Gasteiger charge is -2.49. The van der Waals surface area contributed by atoms with Gasteiger partial charge in [-0.2, -0.15) is 9.36 Å². The van der Waals surface area contributed by atoms with Crippen LogP contribution in [0.1, 0.15) is 19.7 Å². The van der Waals surface area contributed by atoms with E-state index in [1.165, 1.54) is 36.5 Å². The van der Waals surface area contributed by atoms with Crippen LogP contribution in [0.2, 0.25) is 0 Å². The van der Waals surface area contributed by atoms with Gasteiger partial charge in [-0.3, -0.25) is 19.8 Å². The van der Waals surface area contributed by atoms with Gasteiger partial charge < -0.3 is 57.0 Å². The third-order valence-corrected chi connectivity index (χ3v) is 8.65. The van der Waals surface area contributed by atoms with Crippen molar-refractivity contribution in [3.8, 4) is 0 Å². The molecule has 0 bridgehead atoms. The number of anilines is 3.